The molecule has 0 aromatic carbocycles. The number of nitrogens with two attached hydrogens (primary N) is 1. The Balaban J connectivity index is 1.74. The summed E-state index contributed by atoms with van der Waals surface area (Å²) in [6.45, 7) is 7.15. The molecule has 19 heavy (non-hydrogen) atoms. The van der Waals surface area contributed by atoms with Crippen LogP contribution in [-0.4, -0.2) is 68.2 Å². The number of rotatable bonds is 5. The van der Waals surface area contributed by atoms with E-state index in [9.17, 15) is 4.79 Å². The molecule has 0 bridgehead atoms. The van der Waals surface area contributed by atoms with Gasteiger partial charge in [0.25, 0.3) is 0 Å². The second-order valence-electron chi connectivity index (χ2n) is 5.58. The van der Waals surface area contributed by atoms with Crippen LogP contribution in [0.2, 0.25) is 0 Å². The smallest absolute Gasteiger partial charge is 0.228 e. The zero-order valence-electron chi connectivity index (χ0n) is 11.9. The lowest BCUT2D eigenvalue weighted by Crippen LogP contribution is -2.39. The second-order valence-corrected chi connectivity index (χ2v) is 5.58. The molecule has 0 aliphatic carbocycles. The number of hydrogen-bond donors (Lipinski definition) is 1. The molecule has 0 aromatic rings. The number of unbranched alkanes of at least 4 members (excludes halogenated alkanes) is 1. The first-order chi connectivity index (χ1) is 9.31. The Labute approximate surface area is 116 Å². The maximum Gasteiger partial charge on any atom is 0.228 e. The minimum atomic E-state index is 0.115. The first-order valence-electron chi connectivity index (χ1n) is 7.60. The Kier molecular flexibility index (Phi) is 6.07. The van der Waals surface area contributed by atoms with E-state index in [4.69, 9.17) is 10.5 Å². The summed E-state index contributed by atoms with van der Waals surface area (Å²) in [5, 5.41) is 0. The zero-order chi connectivity index (χ0) is 13.5. The normalized spacial score (nSPS) is 25.5. The zero-order valence-corrected chi connectivity index (χ0v) is 11.9. The van der Waals surface area contributed by atoms with Crippen LogP contribution in [0.4, 0.5) is 0 Å². The number of hydrogen-bond acceptors (Lipinski definition) is 4. The molecule has 2 fully saturated rings. The highest BCUT2D eigenvalue weighted by molar-refractivity contribution is 5.79. The maximum atomic E-state index is 12.3. The molecule has 2 N–H and O–H groups in total. The summed E-state index contributed by atoms with van der Waals surface area (Å²) in [5.41, 5.74) is 5.52. The van der Waals surface area contributed by atoms with Crippen LogP contribution in [0, 0.1) is 5.92 Å². The Morgan fingerprint density at radius 3 is 2.84 bits per heavy atom. The first-order valence-corrected chi connectivity index (χ1v) is 7.60. The van der Waals surface area contributed by atoms with Crippen molar-refractivity contribution in [2.24, 2.45) is 11.7 Å². The third kappa shape index (κ3) is 4.44. The number of amides is 1. The Hall–Kier alpha value is -0.650. The van der Waals surface area contributed by atoms with Crippen molar-refractivity contribution >= 4 is 5.91 Å². The second kappa shape index (κ2) is 7.82. The van der Waals surface area contributed by atoms with Crippen molar-refractivity contribution in [3.63, 3.8) is 0 Å². The molecule has 2 saturated heterocycles. The van der Waals surface area contributed by atoms with Crippen LogP contribution in [0.5, 0.6) is 0 Å². The van der Waals surface area contributed by atoms with Crippen LogP contribution in [0.1, 0.15) is 25.7 Å². The van der Waals surface area contributed by atoms with Gasteiger partial charge in [-0.2, -0.15) is 0 Å². The van der Waals surface area contributed by atoms with Gasteiger partial charge in [0.2, 0.25) is 5.91 Å². The maximum absolute atomic E-state index is 12.3. The molecule has 0 spiro atoms. The summed E-state index contributed by atoms with van der Waals surface area (Å²) in [5.74, 6) is 0.421. The molecule has 0 saturated carbocycles. The number of carbonyl (C=O) groups excluding carboxylic acids is 1. The minimum absolute atomic E-state index is 0.115. The Bertz CT molecular complexity index is 280. The summed E-state index contributed by atoms with van der Waals surface area (Å²) in [6, 6.07) is 0. The van der Waals surface area contributed by atoms with E-state index < -0.39 is 0 Å². The molecular formula is C14H27N3O2. The number of ether oxygens (including phenoxy) is 1. The van der Waals surface area contributed by atoms with E-state index in [0.717, 1.165) is 65.1 Å². The van der Waals surface area contributed by atoms with Gasteiger partial charge < -0.3 is 20.3 Å². The third-order valence-electron chi connectivity index (χ3n) is 4.11. The van der Waals surface area contributed by atoms with E-state index >= 15 is 0 Å². The van der Waals surface area contributed by atoms with Gasteiger partial charge in [-0.1, -0.05) is 0 Å². The van der Waals surface area contributed by atoms with Crippen LogP contribution < -0.4 is 5.73 Å². The summed E-state index contributed by atoms with van der Waals surface area (Å²) >= 11 is 0. The molecule has 1 atom stereocenters. The molecular weight excluding hydrogens is 242 g/mol. The van der Waals surface area contributed by atoms with Gasteiger partial charge in [0.15, 0.2) is 0 Å². The highest BCUT2D eigenvalue weighted by atomic mass is 16.5. The van der Waals surface area contributed by atoms with E-state index in [2.05, 4.69) is 4.90 Å². The molecule has 5 nitrogen and oxygen atoms in total. The van der Waals surface area contributed by atoms with Gasteiger partial charge >= 0.3 is 0 Å². The van der Waals surface area contributed by atoms with Crippen molar-refractivity contribution < 1.29 is 9.53 Å². The largest absolute Gasteiger partial charge is 0.381 e. The fourth-order valence-electron chi connectivity index (χ4n) is 2.88. The summed E-state index contributed by atoms with van der Waals surface area (Å²) in [4.78, 5) is 16.8. The molecule has 2 heterocycles. The molecule has 1 unspecified atom stereocenters. The van der Waals surface area contributed by atoms with Crippen molar-refractivity contribution in [2.45, 2.75) is 25.7 Å². The molecule has 1 amide bonds. The van der Waals surface area contributed by atoms with Gasteiger partial charge in [-0.05, 0) is 45.3 Å². The molecule has 110 valence electrons. The molecule has 5 heteroatoms. The van der Waals surface area contributed by atoms with Gasteiger partial charge in [-0.15, -0.1) is 0 Å². The standard InChI is InChI=1S/C14H27N3O2/c15-5-1-2-6-16-7-3-8-17(10-9-16)14(18)13-4-11-19-12-13/h13H,1-12,15H2. The van der Waals surface area contributed by atoms with Crippen LogP contribution in [0.3, 0.4) is 0 Å². The van der Waals surface area contributed by atoms with Gasteiger partial charge in [-0.3, -0.25) is 4.79 Å². The quantitative estimate of drug-likeness (QED) is 0.729. The lowest BCUT2D eigenvalue weighted by molar-refractivity contribution is -0.135. The Morgan fingerprint density at radius 1 is 1.21 bits per heavy atom. The van der Waals surface area contributed by atoms with Crippen molar-refractivity contribution in [3.8, 4) is 0 Å². The van der Waals surface area contributed by atoms with Gasteiger partial charge in [0.1, 0.15) is 0 Å². The average molecular weight is 269 g/mol. The number of nitrogens with zero attached hydrogens (tertiary/aromatic N) is 2. The number of carbonyl (C=O) groups is 1. The van der Waals surface area contributed by atoms with E-state index in [1.54, 1.807) is 0 Å². The van der Waals surface area contributed by atoms with Gasteiger partial charge in [0.05, 0.1) is 12.5 Å². The summed E-state index contributed by atoms with van der Waals surface area (Å²) < 4.78 is 5.32. The summed E-state index contributed by atoms with van der Waals surface area (Å²) in [7, 11) is 0. The predicted molar refractivity (Wildman–Crippen MR) is 74.9 cm³/mol. The van der Waals surface area contributed by atoms with Crippen LogP contribution in [-0.2, 0) is 9.53 Å². The van der Waals surface area contributed by atoms with Crippen molar-refractivity contribution in [2.75, 3.05) is 52.5 Å². The molecule has 0 aromatic heterocycles. The molecule has 0 radical (unpaired) electrons. The molecule has 2 aliphatic rings. The first kappa shape index (κ1) is 14.8. The van der Waals surface area contributed by atoms with E-state index in [-0.39, 0.29) is 5.92 Å². The fourth-order valence-corrected chi connectivity index (χ4v) is 2.88. The highest BCUT2D eigenvalue weighted by Gasteiger charge is 2.28. The predicted octanol–water partition coefficient (Wildman–Crippen LogP) is 0.296. The lowest BCUT2D eigenvalue weighted by Gasteiger charge is -2.24. The van der Waals surface area contributed by atoms with Crippen molar-refractivity contribution in [3.05, 3.63) is 0 Å². The van der Waals surface area contributed by atoms with Crippen LogP contribution >= 0.6 is 0 Å². The van der Waals surface area contributed by atoms with E-state index in [0.29, 0.717) is 12.5 Å². The minimum Gasteiger partial charge on any atom is -0.381 e. The lowest BCUT2D eigenvalue weighted by atomic mass is 10.1. The molecule has 2 aliphatic heterocycles. The Morgan fingerprint density at radius 2 is 2.11 bits per heavy atom. The SMILES string of the molecule is NCCCCN1CCCN(C(=O)C2CCOC2)CC1. The third-order valence-corrected chi connectivity index (χ3v) is 4.11. The van der Waals surface area contributed by atoms with Crippen molar-refractivity contribution in [1.82, 2.24) is 9.80 Å². The van der Waals surface area contributed by atoms with Crippen LogP contribution in [0.15, 0.2) is 0 Å². The van der Waals surface area contributed by atoms with Gasteiger partial charge in [0, 0.05) is 26.2 Å². The van der Waals surface area contributed by atoms with E-state index in [1.807, 2.05) is 4.90 Å². The highest BCUT2D eigenvalue weighted by Crippen LogP contribution is 2.17. The van der Waals surface area contributed by atoms with Gasteiger partial charge in [-0.25, -0.2) is 0 Å². The molecule has 2 rings (SSSR count). The van der Waals surface area contributed by atoms with Crippen LogP contribution in [0.25, 0.3) is 0 Å². The summed E-state index contributed by atoms with van der Waals surface area (Å²) in [6.07, 6.45) is 4.25. The average Bonchev–Trinajstić information content (AvgIpc) is 2.85. The topological polar surface area (TPSA) is 58.8 Å². The fraction of sp³-hybridized carbons (Fsp3) is 0.929. The van der Waals surface area contributed by atoms with Crippen molar-refractivity contribution in [1.29, 1.82) is 0 Å². The monoisotopic (exact) mass is 269 g/mol. The van der Waals surface area contributed by atoms with E-state index in [1.165, 1.54) is 6.42 Å².